The summed E-state index contributed by atoms with van der Waals surface area (Å²) in [6.07, 6.45) is 7.25. The van der Waals surface area contributed by atoms with E-state index < -0.39 is 0 Å². The second kappa shape index (κ2) is 8.14. The molecule has 156 valence electrons. The Bertz CT molecular complexity index is 1170. The molecular weight excluding hydrogens is 396 g/mol. The minimum Gasteiger partial charge on any atom is -0.289 e. The Balaban J connectivity index is 1.44. The molecule has 2 aromatic heterocycles. The number of aromatic nitrogens is 2. The second-order valence-corrected chi connectivity index (χ2v) is 9.82. The largest absolute Gasteiger partial charge is 0.289 e. The van der Waals surface area contributed by atoms with E-state index in [2.05, 4.69) is 48.4 Å². The maximum absolute atomic E-state index is 12.9. The van der Waals surface area contributed by atoms with Crippen LogP contribution < -0.4 is 11.0 Å². The first-order chi connectivity index (χ1) is 14.3. The van der Waals surface area contributed by atoms with Gasteiger partial charge in [0.15, 0.2) is 0 Å². The zero-order valence-electron chi connectivity index (χ0n) is 17.6. The number of benzene rings is 1. The van der Waals surface area contributed by atoms with Gasteiger partial charge in [0.1, 0.15) is 11.4 Å². The Morgan fingerprint density at radius 1 is 1.23 bits per heavy atom. The number of fused-ring (bicyclic) bond motifs is 3. The lowest BCUT2D eigenvalue weighted by Gasteiger charge is -2.18. The van der Waals surface area contributed by atoms with Crippen molar-refractivity contribution in [1.82, 2.24) is 15.0 Å². The van der Waals surface area contributed by atoms with Crippen LogP contribution in [0, 0.1) is 0 Å². The molecule has 0 atom stereocenters. The van der Waals surface area contributed by atoms with Crippen LogP contribution in [0.15, 0.2) is 40.5 Å². The standard InChI is InChI=1S/C23H26N4O2S/c1-23(2,3)16-10-8-15(9-11-16)12-25-26-19(28)13-27-14-24-21-20(22(27)29)17-6-4-5-7-18(17)30-21/h8-12,14H,4-7,13H2,1-3H3,(H,26,28)/b25-12+. The van der Waals surface area contributed by atoms with Crippen LogP contribution in [0.1, 0.15) is 55.2 Å². The van der Waals surface area contributed by atoms with Crippen molar-refractivity contribution in [2.45, 2.75) is 58.4 Å². The Hall–Kier alpha value is -2.80. The van der Waals surface area contributed by atoms with Crippen molar-refractivity contribution in [3.8, 4) is 0 Å². The number of amides is 1. The molecule has 3 aromatic rings. The summed E-state index contributed by atoms with van der Waals surface area (Å²) < 4.78 is 1.37. The lowest BCUT2D eigenvalue weighted by Crippen LogP contribution is -2.30. The molecule has 0 unspecified atom stereocenters. The summed E-state index contributed by atoms with van der Waals surface area (Å²) >= 11 is 1.61. The topological polar surface area (TPSA) is 76.3 Å². The third-order valence-electron chi connectivity index (χ3n) is 5.44. The van der Waals surface area contributed by atoms with Gasteiger partial charge >= 0.3 is 0 Å². The van der Waals surface area contributed by atoms with E-state index in [0.29, 0.717) is 5.39 Å². The molecular formula is C23H26N4O2S. The second-order valence-electron chi connectivity index (χ2n) is 8.73. The molecule has 1 aliphatic rings. The van der Waals surface area contributed by atoms with Gasteiger partial charge in [0.25, 0.3) is 11.5 Å². The van der Waals surface area contributed by atoms with Crippen molar-refractivity contribution in [2.75, 3.05) is 0 Å². The van der Waals surface area contributed by atoms with Crippen molar-refractivity contribution in [3.63, 3.8) is 0 Å². The highest BCUT2D eigenvalue weighted by Crippen LogP contribution is 2.33. The normalized spacial score (nSPS) is 14.2. The molecule has 1 aromatic carbocycles. The van der Waals surface area contributed by atoms with Crippen molar-refractivity contribution >= 4 is 33.7 Å². The number of hydrazone groups is 1. The van der Waals surface area contributed by atoms with Gasteiger partial charge < -0.3 is 0 Å². The van der Waals surface area contributed by atoms with Gasteiger partial charge in [-0.2, -0.15) is 5.10 Å². The molecule has 0 aliphatic heterocycles. The van der Waals surface area contributed by atoms with E-state index in [4.69, 9.17) is 0 Å². The van der Waals surface area contributed by atoms with Crippen LogP contribution in [0.25, 0.3) is 10.2 Å². The number of nitrogens with one attached hydrogen (secondary N) is 1. The van der Waals surface area contributed by atoms with Crippen LogP contribution in [-0.2, 0) is 29.6 Å². The van der Waals surface area contributed by atoms with Crippen molar-refractivity contribution in [1.29, 1.82) is 0 Å². The average Bonchev–Trinajstić information content (AvgIpc) is 3.09. The number of carbonyl (C=O) groups is 1. The highest BCUT2D eigenvalue weighted by molar-refractivity contribution is 7.18. The smallest absolute Gasteiger partial charge is 0.262 e. The molecule has 2 heterocycles. The number of nitrogens with zero attached hydrogens (tertiary/aromatic N) is 3. The van der Waals surface area contributed by atoms with Gasteiger partial charge in [0.05, 0.1) is 17.9 Å². The van der Waals surface area contributed by atoms with Gasteiger partial charge in [-0.15, -0.1) is 11.3 Å². The van der Waals surface area contributed by atoms with E-state index in [1.807, 2.05) is 12.1 Å². The lowest BCUT2D eigenvalue weighted by molar-refractivity contribution is -0.121. The zero-order chi connectivity index (χ0) is 21.3. The summed E-state index contributed by atoms with van der Waals surface area (Å²) in [7, 11) is 0. The van der Waals surface area contributed by atoms with Crippen molar-refractivity contribution < 1.29 is 4.79 Å². The molecule has 0 bridgehead atoms. The number of thiophene rings is 1. The summed E-state index contributed by atoms with van der Waals surface area (Å²) in [5, 5.41) is 4.71. The number of hydrogen-bond acceptors (Lipinski definition) is 5. The molecule has 4 rings (SSSR count). The number of aryl methyl sites for hydroxylation is 2. The Labute approximate surface area is 179 Å². The van der Waals surface area contributed by atoms with Gasteiger partial charge in [0.2, 0.25) is 0 Å². The van der Waals surface area contributed by atoms with Gasteiger partial charge in [-0.25, -0.2) is 10.4 Å². The maximum Gasteiger partial charge on any atom is 0.262 e. The van der Waals surface area contributed by atoms with Crippen molar-refractivity contribution in [2.24, 2.45) is 5.10 Å². The van der Waals surface area contributed by atoms with Crippen LogP contribution in [0.4, 0.5) is 0 Å². The third-order valence-corrected chi connectivity index (χ3v) is 6.64. The molecule has 7 heteroatoms. The first-order valence-electron chi connectivity index (χ1n) is 10.2. The molecule has 0 fully saturated rings. The van der Waals surface area contributed by atoms with E-state index in [9.17, 15) is 9.59 Å². The van der Waals surface area contributed by atoms with Gasteiger partial charge in [-0.05, 0) is 47.8 Å². The molecule has 0 saturated carbocycles. The van der Waals surface area contributed by atoms with E-state index in [-0.39, 0.29) is 23.4 Å². The van der Waals surface area contributed by atoms with Crippen LogP contribution in [0.2, 0.25) is 0 Å². The number of hydrogen-bond donors (Lipinski definition) is 1. The van der Waals surface area contributed by atoms with Crippen LogP contribution in [0.3, 0.4) is 0 Å². The quantitative estimate of drug-likeness (QED) is 0.513. The van der Waals surface area contributed by atoms with Crippen LogP contribution in [-0.4, -0.2) is 21.7 Å². The fourth-order valence-corrected chi connectivity index (χ4v) is 4.95. The molecule has 0 radical (unpaired) electrons. The Kier molecular flexibility index (Phi) is 5.56. The van der Waals surface area contributed by atoms with Crippen molar-refractivity contribution in [3.05, 3.63) is 62.5 Å². The third kappa shape index (κ3) is 4.21. The number of rotatable bonds is 4. The summed E-state index contributed by atoms with van der Waals surface area (Å²) in [6, 6.07) is 8.06. The molecule has 1 amide bonds. The molecule has 1 aliphatic carbocycles. The highest BCUT2D eigenvalue weighted by Gasteiger charge is 2.20. The average molecular weight is 423 g/mol. The van der Waals surface area contributed by atoms with Gasteiger partial charge in [0, 0.05) is 4.88 Å². The SMILES string of the molecule is CC(C)(C)c1ccc(/C=N/NC(=O)Cn2cnc3sc4c(c3c2=O)CCCC4)cc1. The van der Waals surface area contributed by atoms with E-state index in [1.54, 1.807) is 17.6 Å². The summed E-state index contributed by atoms with van der Waals surface area (Å²) in [6.45, 7) is 6.38. The Morgan fingerprint density at radius 3 is 2.70 bits per heavy atom. The predicted molar refractivity (Wildman–Crippen MR) is 121 cm³/mol. The van der Waals surface area contributed by atoms with E-state index >= 15 is 0 Å². The zero-order valence-corrected chi connectivity index (χ0v) is 18.4. The fourth-order valence-electron chi connectivity index (χ4n) is 3.73. The fraction of sp³-hybridized carbons (Fsp3) is 0.391. The van der Waals surface area contributed by atoms with Gasteiger partial charge in [-0.3, -0.25) is 14.2 Å². The molecule has 1 N–H and O–H groups in total. The van der Waals surface area contributed by atoms with Crippen LogP contribution in [0.5, 0.6) is 0 Å². The predicted octanol–water partition coefficient (Wildman–Crippen LogP) is 3.78. The lowest BCUT2D eigenvalue weighted by atomic mass is 9.87. The molecule has 6 nitrogen and oxygen atoms in total. The minimum absolute atomic E-state index is 0.0913. The molecule has 0 saturated heterocycles. The summed E-state index contributed by atoms with van der Waals surface area (Å²) in [5.74, 6) is -0.357. The minimum atomic E-state index is -0.357. The number of carbonyl (C=O) groups excluding carboxylic acids is 1. The van der Waals surface area contributed by atoms with Gasteiger partial charge in [-0.1, -0.05) is 45.0 Å². The summed E-state index contributed by atoms with van der Waals surface area (Å²) in [5.41, 5.74) is 5.71. The van der Waals surface area contributed by atoms with Crippen LogP contribution >= 0.6 is 11.3 Å². The maximum atomic E-state index is 12.9. The van der Waals surface area contributed by atoms with E-state index in [0.717, 1.165) is 41.6 Å². The summed E-state index contributed by atoms with van der Waals surface area (Å²) in [4.78, 5) is 31.7. The molecule has 30 heavy (non-hydrogen) atoms. The van der Waals surface area contributed by atoms with E-state index in [1.165, 1.54) is 21.3 Å². The Morgan fingerprint density at radius 2 is 1.97 bits per heavy atom. The molecule has 0 spiro atoms. The highest BCUT2D eigenvalue weighted by atomic mass is 32.1. The first-order valence-corrected chi connectivity index (χ1v) is 11.1. The first kappa shape index (κ1) is 20.5. The monoisotopic (exact) mass is 422 g/mol.